The van der Waals surface area contributed by atoms with Gasteiger partial charge in [0.15, 0.2) is 0 Å². The maximum absolute atomic E-state index is 9.52. The summed E-state index contributed by atoms with van der Waals surface area (Å²) in [5.41, 5.74) is 0. The number of hydrogen-bond acceptors (Lipinski definition) is 4. The van der Waals surface area contributed by atoms with E-state index in [2.05, 4.69) is 24.1 Å². The van der Waals surface area contributed by atoms with Crippen molar-refractivity contribution in [2.24, 2.45) is 11.8 Å². The molecule has 18 heavy (non-hydrogen) atoms. The molecule has 2 aliphatic rings. The maximum Gasteiger partial charge on any atom is 0.0589 e. The Kier molecular flexibility index (Phi) is 5.42. The smallest absolute Gasteiger partial charge is 0.0589 e. The molecule has 0 aromatic heterocycles. The average molecular weight is 256 g/mol. The summed E-state index contributed by atoms with van der Waals surface area (Å²) in [6, 6.07) is 0.938. The van der Waals surface area contributed by atoms with Crippen LogP contribution in [-0.2, 0) is 4.74 Å². The van der Waals surface area contributed by atoms with Gasteiger partial charge >= 0.3 is 0 Å². The molecule has 2 rings (SSSR count). The van der Waals surface area contributed by atoms with Crippen LogP contribution in [0.1, 0.15) is 26.7 Å². The number of aliphatic hydroxyl groups excluding tert-OH is 1. The standard InChI is InChI=1S/C14H28N2O2/c1-3-15-13-5-7-18-10-12(13)8-16-6-4-11(2)14(16)9-17/h11-15,17H,3-10H2,1-2H3. The molecule has 2 heterocycles. The van der Waals surface area contributed by atoms with Gasteiger partial charge in [-0.05, 0) is 31.8 Å². The van der Waals surface area contributed by atoms with Crippen LogP contribution in [0.4, 0.5) is 0 Å². The Bertz CT molecular complexity index is 248. The van der Waals surface area contributed by atoms with E-state index in [1.165, 1.54) is 6.42 Å². The van der Waals surface area contributed by atoms with Crippen molar-refractivity contribution in [3.8, 4) is 0 Å². The second-order valence-electron chi connectivity index (χ2n) is 5.80. The Hall–Kier alpha value is -0.160. The molecular weight excluding hydrogens is 228 g/mol. The summed E-state index contributed by atoms with van der Waals surface area (Å²) in [4.78, 5) is 2.47. The van der Waals surface area contributed by atoms with Gasteiger partial charge in [-0.15, -0.1) is 0 Å². The van der Waals surface area contributed by atoms with Crippen molar-refractivity contribution in [3.63, 3.8) is 0 Å². The van der Waals surface area contributed by atoms with Crippen molar-refractivity contribution in [3.05, 3.63) is 0 Å². The highest BCUT2D eigenvalue weighted by Gasteiger charge is 2.34. The van der Waals surface area contributed by atoms with E-state index in [0.29, 0.717) is 30.5 Å². The molecule has 106 valence electrons. The maximum atomic E-state index is 9.52. The number of nitrogens with one attached hydrogen (secondary N) is 1. The third-order valence-electron chi connectivity index (χ3n) is 4.59. The van der Waals surface area contributed by atoms with Crippen LogP contribution in [-0.4, -0.2) is 61.5 Å². The van der Waals surface area contributed by atoms with Gasteiger partial charge in [0.1, 0.15) is 0 Å². The van der Waals surface area contributed by atoms with E-state index in [0.717, 1.165) is 39.3 Å². The second kappa shape index (κ2) is 6.85. The topological polar surface area (TPSA) is 44.7 Å². The number of nitrogens with zero attached hydrogens (tertiary/aromatic N) is 1. The lowest BCUT2D eigenvalue weighted by Gasteiger charge is -2.36. The lowest BCUT2D eigenvalue weighted by Crippen LogP contribution is -2.49. The lowest BCUT2D eigenvalue weighted by atomic mass is 9.94. The first kappa shape index (κ1) is 14.3. The first-order valence-corrected chi connectivity index (χ1v) is 7.42. The van der Waals surface area contributed by atoms with E-state index >= 15 is 0 Å². The van der Waals surface area contributed by atoms with Crippen LogP contribution < -0.4 is 5.32 Å². The van der Waals surface area contributed by atoms with Crippen molar-refractivity contribution < 1.29 is 9.84 Å². The van der Waals surface area contributed by atoms with E-state index in [1.807, 2.05) is 0 Å². The molecule has 0 aromatic carbocycles. The van der Waals surface area contributed by atoms with Crippen molar-refractivity contribution in [2.45, 2.75) is 38.8 Å². The van der Waals surface area contributed by atoms with Crippen LogP contribution in [0.15, 0.2) is 0 Å². The van der Waals surface area contributed by atoms with Crippen LogP contribution >= 0.6 is 0 Å². The number of hydrogen-bond donors (Lipinski definition) is 2. The second-order valence-corrected chi connectivity index (χ2v) is 5.80. The molecule has 4 unspecified atom stereocenters. The minimum atomic E-state index is 0.292. The van der Waals surface area contributed by atoms with Gasteiger partial charge in [-0.1, -0.05) is 13.8 Å². The van der Waals surface area contributed by atoms with Crippen molar-refractivity contribution in [1.82, 2.24) is 10.2 Å². The highest BCUT2D eigenvalue weighted by Crippen LogP contribution is 2.26. The summed E-state index contributed by atoms with van der Waals surface area (Å²) in [6.45, 7) is 9.67. The Labute approximate surface area is 111 Å². The lowest BCUT2D eigenvalue weighted by molar-refractivity contribution is 0.00971. The van der Waals surface area contributed by atoms with Crippen LogP contribution in [0, 0.1) is 11.8 Å². The van der Waals surface area contributed by atoms with Gasteiger partial charge in [0.25, 0.3) is 0 Å². The summed E-state index contributed by atoms with van der Waals surface area (Å²) in [5.74, 6) is 1.19. The monoisotopic (exact) mass is 256 g/mol. The SMILES string of the molecule is CCNC1CCOCC1CN1CCC(C)C1CO. The fraction of sp³-hybridized carbons (Fsp3) is 1.00. The highest BCUT2D eigenvalue weighted by atomic mass is 16.5. The molecule has 2 aliphatic heterocycles. The van der Waals surface area contributed by atoms with Gasteiger partial charge in [0.2, 0.25) is 0 Å². The number of likely N-dealkylation sites (tertiary alicyclic amines) is 1. The molecule has 2 N–H and O–H groups in total. The highest BCUT2D eigenvalue weighted by molar-refractivity contribution is 4.89. The van der Waals surface area contributed by atoms with E-state index in [-0.39, 0.29) is 0 Å². The molecule has 4 atom stereocenters. The minimum Gasteiger partial charge on any atom is -0.395 e. The zero-order valence-electron chi connectivity index (χ0n) is 11.8. The van der Waals surface area contributed by atoms with Gasteiger partial charge in [-0.2, -0.15) is 0 Å². The molecular formula is C14H28N2O2. The predicted molar refractivity (Wildman–Crippen MR) is 72.6 cm³/mol. The molecule has 0 amide bonds. The Morgan fingerprint density at radius 3 is 2.94 bits per heavy atom. The van der Waals surface area contributed by atoms with Crippen molar-refractivity contribution in [1.29, 1.82) is 0 Å². The van der Waals surface area contributed by atoms with Gasteiger partial charge in [0, 0.05) is 31.2 Å². The molecule has 0 aliphatic carbocycles. The molecule has 2 saturated heterocycles. The van der Waals surface area contributed by atoms with Crippen LogP contribution in [0.25, 0.3) is 0 Å². The fourth-order valence-electron chi connectivity index (χ4n) is 3.42. The summed E-state index contributed by atoms with van der Waals surface area (Å²) in [7, 11) is 0. The summed E-state index contributed by atoms with van der Waals surface area (Å²) < 4.78 is 5.64. The Morgan fingerprint density at radius 1 is 1.39 bits per heavy atom. The van der Waals surface area contributed by atoms with Crippen molar-refractivity contribution in [2.75, 3.05) is 39.5 Å². The molecule has 4 heteroatoms. The van der Waals surface area contributed by atoms with E-state index in [4.69, 9.17) is 4.74 Å². The Balaban J connectivity index is 1.90. The van der Waals surface area contributed by atoms with Crippen LogP contribution in [0.3, 0.4) is 0 Å². The third-order valence-corrected chi connectivity index (χ3v) is 4.59. The first-order chi connectivity index (χ1) is 8.76. The molecule has 0 radical (unpaired) electrons. The van der Waals surface area contributed by atoms with Gasteiger partial charge in [0.05, 0.1) is 13.2 Å². The number of aliphatic hydroxyl groups is 1. The van der Waals surface area contributed by atoms with E-state index in [1.54, 1.807) is 0 Å². The van der Waals surface area contributed by atoms with Crippen LogP contribution in [0.2, 0.25) is 0 Å². The van der Waals surface area contributed by atoms with Gasteiger partial charge in [-0.3, -0.25) is 4.90 Å². The van der Waals surface area contributed by atoms with E-state index < -0.39 is 0 Å². The number of ether oxygens (including phenoxy) is 1. The average Bonchev–Trinajstić information content (AvgIpc) is 2.72. The van der Waals surface area contributed by atoms with Gasteiger partial charge in [-0.25, -0.2) is 0 Å². The molecule has 0 aromatic rings. The summed E-state index contributed by atoms with van der Waals surface area (Å²) in [6.07, 6.45) is 2.33. The molecule has 4 nitrogen and oxygen atoms in total. The van der Waals surface area contributed by atoms with Crippen molar-refractivity contribution >= 4 is 0 Å². The third kappa shape index (κ3) is 3.23. The largest absolute Gasteiger partial charge is 0.395 e. The zero-order chi connectivity index (χ0) is 13.0. The summed E-state index contributed by atoms with van der Waals surface area (Å²) >= 11 is 0. The molecule has 2 fully saturated rings. The zero-order valence-corrected chi connectivity index (χ0v) is 11.8. The molecule has 0 saturated carbocycles. The fourth-order valence-corrected chi connectivity index (χ4v) is 3.42. The minimum absolute atomic E-state index is 0.292. The normalized spacial score (nSPS) is 38.2. The van der Waals surface area contributed by atoms with E-state index in [9.17, 15) is 5.11 Å². The molecule has 0 spiro atoms. The Morgan fingerprint density at radius 2 is 2.22 bits per heavy atom. The molecule has 0 bridgehead atoms. The first-order valence-electron chi connectivity index (χ1n) is 7.42. The van der Waals surface area contributed by atoms with Crippen LogP contribution in [0.5, 0.6) is 0 Å². The van der Waals surface area contributed by atoms with Gasteiger partial charge < -0.3 is 15.2 Å². The predicted octanol–water partition coefficient (Wildman–Crippen LogP) is 0.704. The number of rotatable bonds is 5. The summed E-state index contributed by atoms with van der Waals surface area (Å²) in [5, 5.41) is 13.1. The quantitative estimate of drug-likeness (QED) is 0.760.